The minimum absolute atomic E-state index is 0.0134. The van der Waals surface area contributed by atoms with E-state index in [9.17, 15) is 23.2 Å². The number of ether oxygens (including phenoxy) is 1. The molecule has 1 N–H and O–H groups in total. The van der Waals surface area contributed by atoms with E-state index in [1.54, 1.807) is 13.1 Å². The second-order valence-electron chi connectivity index (χ2n) is 6.77. The number of likely N-dealkylation sites (N-methyl/N-ethyl adjacent to an activating group) is 1. The number of nitrogens with zero attached hydrogens (tertiary/aromatic N) is 2. The van der Waals surface area contributed by atoms with Crippen LogP contribution in [0.25, 0.3) is 0 Å². The Balaban J connectivity index is 1.62. The average Bonchev–Trinajstić information content (AvgIpc) is 2.98. The Bertz CT molecular complexity index is 1010. The van der Waals surface area contributed by atoms with Gasteiger partial charge in [-0.05, 0) is 24.1 Å². The van der Waals surface area contributed by atoms with Crippen LogP contribution in [-0.4, -0.2) is 54.3 Å². The Morgan fingerprint density at radius 3 is 2.76 bits per heavy atom. The second-order valence-corrected chi connectivity index (χ2v) is 7.87. The number of carbonyl (C=O) groups is 3. The van der Waals surface area contributed by atoms with Crippen molar-refractivity contribution in [3.63, 3.8) is 0 Å². The first-order valence-corrected chi connectivity index (χ1v) is 9.69. The first-order chi connectivity index (χ1) is 13.8. The summed E-state index contributed by atoms with van der Waals surface area (Å²) in [7, 11) is 1.57. The molecular formula is C19H17F2N3O4S. The lowest BCUT2D eigenvalue weighted by Crippen LogP contribution is -2.37. The summed E-state index contributed by atoms with van der Waals surface area (Å²) >= 11 is 1.27. The molecule has 3 heterocycles. The molecule has 7 nitrogen and oxygen atoms in total. The summed E-state index contributed by atoms with van der Waals surface area (Å²) in [5, 5.41) is 3.25. The molecule has 0 bridgehead atoms. The van der Waals surface area contributed by atoms with Crippen molar-refractivity contribution in [3.05, 3.63) is 45.8 Å². The number of fused-ring (bicyclic) bond motifs is 3. The monoisotopic (exact) mass is 421 g/mol. The first-order valence-electron chi connectivity index (χ1n) is 8.88. The molecule has 3 amide bonds. The number of alkyl halides is 2. The summed E-state index contributed by atoms with van der Waals surface area (Å²) in [6.07, 6.45) is 0.431. The molecule has 2 aliphatic heterocycles. The number of rotatable bonds is 3. The maximum atomic E-state index is 12.9. The van der Waals surface area contributed by atoms with Crippen LogP contribution < -0.4 is 10.1 Å². The van der Waals surface area contributed by atoms with Crippen LogP contribution in [0.15, 0.2) is 24.3 Å². The molecule has 0 saturated heterocycles. The lowest BCUT2D eigenvalue weighted by molar-refractivity contribution is -0.116. The van der Waals surface area contributed by atoms with Gasteiger partial charge in [0.25, 0.3) is 11.8 Å². The molecule has 4 rings (SSSR count). The van der Waals surface area contributed by atoms with Gasteiger partial charge in [-0.3, -0.25) is 14.4 Å². The van der Waals surface area contributed by atoms with E-state index in [1.165, 1.54) is 39.3 Å². The number of hydrogen-bond donors (Lipinski definition) is 1. The van der Waals surface area contributed by atoms with Gasteiger partial charge in [-0.1, -0.05) is 12.1 Å². The van der Waals surface area contributed by atoms with Crippen LogP contribution in [-0.2, 0) is 17.8 Å². The van der Waals surface area contributed by atoms with Gasteiger partial charge in [-0.25, -0.2) is 0 Å². The zero-order chi connectivity index (χ0) is 20.7. The van der Waals surface area contributed by atoms with Crippen molar-refractivity contribution in [2.24, 2.45) is 0 Å². The molecule has 0 atom stereocenters. The van der Waals surface area contributed by atoms with Crippen molar-refractivity contribution in [1.29, 1.82) is 0 Å². The van der Waals surface area contributed by atoms with Crippen LogP contribution in [0, 0.1) is 0 Å². The van der Waals surface area contributed by atoms with Gasteiger partial charge in [-0.15, -0.1) is 11.3 Å². The average molecular weight is 421 g/mol. The number of para-hydroxylation sites is 1. The maximum Gasteiger partial charge on any atom is 0.387 e. The zero-order valence-electron chi connectivity index (χ0n) is 15.4. The third-order valence-corrected chi connectivity index (χ3v) is 6.00. The van der Waals surface area contributed by atoms with E-state index in [1.807, 2.05) is 0 Å². The summed E-state index contributed by atoms with van der Waals surface area (Å²) in [4.78, 5) is 41.3. The molecule has 0 radical (unpaired) electrons. The van der Waals surface area contributed by atoms with Gasteiger partial charge in [0.05, 0.1) is 24.2 Å². The number of amides is 3. The van der Waals surface area contributed by atoms with Crippen LogP contribution >= 0.6 is 11.3 Å². The van der Waals surface area contributed by atoms with Gasteiger partial charge in [0.1, 0.15) is 10.8 Å². The highest BCUT2D eigenvalue weighted by atomic mass is 32.1. The number of thiophene rings is 1. The van der Waals surface area contributed by atoms with Gasteiger partial charge in [0.15, 0.2) is 0 Å². The molecule has 10 heteroatoms. The Kier molecular flexibility index (Phi) is 4.95. The second kappa shape index (κ2) is 7.43. The number of nitrogens with one attached hydrogen (secondary N) is 1. The standard InChI is InChI=1S/C19H17F2N3O4S/c1-23-9-14(25)22-16-15(18(23)27)11-6-7-24(8-13(11)29-16)17(26)10-4-2-3-5-12(10)28-19(20)21/h2-5,19H,6-9H2,1H3,(H,22,25). The predicted molar refractivity (Wildman–Crippen MR) is 101 cm³/mol. The van der Waals surface area contributed by atoms with E-state index in [4.69, 9.17) is 0 Å². The third-order valence-electron chi connectivity index (χ3n) is 4.87. The summed E-state index contributed by atoms with van der Waals surface area (Å²) in [6.45, 7) is -2.50. The van der Waals surface area contributed by atoms with Gasteiger partial charge >= 0.3 is 6.61 Å². The molecule has 0 fully saturated rings. The SMILES string of the molecule is CN1CC(=O)Nc2sc3c(c2C1=O)CCN(C(=O)c1ccccc1OC(F)F)C3. The van der Waals surface area contributed by atoms with Crippen molar-refractivity contribution < 1.29 is 27.9 Å². The molecule has 1 aromatic heterocycles. The molecule has 29 heavy (non-hydrogen) atoms. The Hall–Kier alpha value is -3.01. The molecule has 0 spiro atoms. The fourth-order valence-electron chi connectivity index (χ4n) is 3.55. The number of halogens is 2. The van der Waals surface area contributed by atoms with Crippen LogP contribution in [0.2, 0.25) is 0 Å². The van der Waals surface area contributed by atoms with Crippen molar-refractivity contribution in [2.45, 2.75) is 19.6 Å². The largest absolute Gasteiger partial charge is 0.434 e. The molecule has 0 unspecified atom stereocenters. The Morgan fingerprint density at radius 1 is 1.24 bits per heavy atom. The van der Waals surface area contributed by atoms with E-state index in [-0.39, 0.29) is 36.2 Å². The zero-order valence-corrected chi connectivity index (χ0v) is 16.2. The van der Waals surface area contributed by atoms with E-state index in [2.05, 4.69) is 10.1 Å². The quantitative estimate of drug-likeness (QED) is 0.826. The number of hydrogen-bond acceptors (Lipinski definition) is 5. The summed E-state index contributed by atoms with van der Waals surface area (Å²) in [5.41, 5.74) is 1.36. The Labute approximate surface area is 168 Å². The van der Waals surface area contributed by atoms with Crippen LogP contribution in [0.3, 0.4) is 0 Å². The van der Waals surface area contributed by atoms with Crippen LogP contribution in [0.5, 0.6) is 5.75 Å². The van der Waals surface area contributed by atoms with Crippen molar-refractivity contribution in [3.8, 4) is 5.75 Å². The third kappa shape index (κ3) is 3.55. The van der Waals surface area contributed by atoms with E-state index < -0.39 is 12.5 Å². The molecular weight excluding hydrogens is 404 g/mol. The smallest absolute Gasteiger partial charge is 0.387 e. The van der Waals surface area contributed by atoms with E-state index in [0.717, 1.165) is 10.4 Å². The van der Waals surface area contributed by atoms with Crippen molar-refractivity contribution in [1.82, 2.24) is 9.80 Å². The molecule has 2 aromatic rings. The minimum atomic E-state index is -3.03. The molecule has 1 aromatic carbocycles. The molecule has 2 aliphatic rings. The van der Waals surface area contributed by atoms with Crippen molar-refractivity contribution in [2.75, 3.05) is 25.5 Å². The molecule has 152 valence electrons. The van der Waals surface area contributed by atoms with E-state index in [0.29, 0.717) is 23.5 Å². The normalized spacial score (nSPS) is 16.3. The highest BCUT2D eigenvalue weighted by molar-refractivity contribution is 7.17. The van der Waals surface area contributed by atoms with E-state index >= 15 is 0 Å². The van der Waals surface area contributed by atoms with Crippen LogP contribution in [0.4, 0.5) is 13.8 Å². The number of benzene rings is 1. The lowest BCUT2D eigenvalue weighted by Gasteiger charge is -2.28. The first kappa shape index (κ1) is 19.3. The van der Waals surface area contributed by atoms with Crippen LogP contribution in [0.1, 0.15) is 31.2 Å². The highest BCUT2D eigenvalue weighted by Crippen LogP contribution is 2.39. The lowest BCUT2D eigenvalue weighted by atomic mass is 10.0. The number of anilines is 1. The topological polar surface area (TPSA) is 79.0 Å². The fourth-order valence-corrected chi connectivity index (χ4v) is 4.82. The number of carbonyl (C=O) groups excluding carboxylic acids is 3. The minimum Gasteiger partial charge on any atom is -0.434 e. The molecule has 0 aliphatic carbocycles. The summed E-state index contributed by atoms with van der Waals surface area (Å²) in [5.74, 6) is -1.11. The Morgan fingerprint density at radius 2 is 2.00 bits per heavy atom. The fraction of sp³-hybridized carbons (Fsp3) is 0.316. The van der Waals surface area contributed by atoms with Gasteiger partial charge in [0, 0.05) is 18.5 Å². The van der Waals surface area contributed by atoms with Crippen molar-refractivity contribution >= 4 is 34.1 Å². The van der Waals surface area contributed by atoms with Gasteiger partial charge in [0.2, 0.25) is 5.91 Å². The van der Waals surface area contributed by atoms with Gasteiger partial charge < -0.3 is 19.9 Å². The molecule has 0 saturated carbocycles. The highest BCUT2D eigenvalue weighted by Gasteiger charge is 2.34. The maximum absolute atomic E-state index is 12.9. The predicted octanol–water partition coefficient (Wildman–Crippen LogP) is 2.57. The summed E-state index contributed by atoms with van der Waals surface area (Å²) in [6, 6.07) is 5.87. The van der Waals surface area contributed by atoms with Gasteiger partial charge in [-0.2, -0.15) is 8.78 Å². The summed E-state index contributed by atoms with van der Waals surface area (Å²) < 4.78 is 29.8.